The number of β-amino-alcohol motifs (C(OH)–C–C–N with tert-alkyl or cyclic N) is 1. The molecule has 178 valence electrons. The van der Waals surface area contributed by atoms with Crippen LogP contribution in [0.15, 0.2) is 23.1 Å². The van der Waals surface area contributed by atoms with E-state index in [0.29, 0.717) is 0 Å². The van der Waals surface area contributed by atoms with Gasteiger partial charge in [0.1, 0.15) is 6.04 Å². The second kappa shape index (κ2) is 9.55. The fraction of sp³-hybridized carbons (Fsp3) is 0.571. The Kier molecular flexibility index (Phi) is 7.69. The highest BCUT2D eigenvalue weighted by Gasteiger charge is 2.45. The van der Waals surface area contributed by atoms with Crippen LogP contribution in [0.5, 0.6) is 0 Å². The Balaban J connectivity index is 2.13. The van der Waals surface area contributed by atoms with Crippen LogP contribution in [0.25, 0.3) is 0 Å². The van der Waals surface area contributed by atoms with Crippen LogP contribution in [-0.2, 0) is 24.3 Å². The zero-order valence-electron chi connectivity index (χ0n) is 19.1. The highest BCUT2D eigenvalue weighted by atomic mass is 32.2. The van der Waals surface area contributed by atoms with Gasteiger partial charge in [-0.1, -0.05) is 6.07 Å². The number of hydrogen-bond acceptors (Lipinski definition) is 7. The minimum absolute atomic E-state index is 0.00265. The molecule has 3 atom stereocenters. The first-order chi connectivity index (χ1) is 14.6. The molecule has 3 N–H and O–H groups in total. The summed E-state index contributed by atoms with van der Waals surface area (Å²) in [7, 11) is -4.09. The largest absolute Gasteiger partial charge is 0.451 e. The summed E-state index contributed by atoms with van der Waals surface area (Å²) in [6, 6.07) is 2.56. The normalized spacial score (nSPS) is 20.5. The molecule has 1 heterocycles. The third kappa shape index (κ3) is 6.27. The summed E-state index contributed by atoms with van der Waals surface area (Å²) in [6.07, 6.45) is -2.57. The second-order valence-electron chi connectivity index (χ2n) is 9.00. The molecule has 0 bridgehead atoms. The number of nitrogens with one attached hydrogen (secondary N) is 2. The van der Waals surface area contributed by atoms with Crippen molar-refractivity contribution in [3.8, 4) is 0 Å². The van der Waals surface area contributed by atoms with Crippen LogP contribution in [0.4, 0.5) is 4.79 Å². The Labute approximate surface area is 188 Å². The maximum Gasteiger partial charge on any atom is 0.325 e. The number of sulfonamides is 1. The first-order valence-electron chi connectivity index (χ1n) is 10.2. The van der Waals surface area contributed by atoms with Crippen molar-refractivity contribution in [2.75, 3.05) is 6.54 Å². The van der Waals surface area contributed by atoms with Crippen LogP contribution in [-0.4, -0.2) is 66.1 Å². The molecule has 0 saturated carbocycles. The monoisotopic (exact) mass is 469 g/mol. The topological polar surface area (TPSA) is 142 Å². The summed E-state index contributed by atoms with van der Waals surface area (Å²) >= 11 is 0. The lowest BCUT2D eigenvalue weighted by Gasteiger charge is -2.24. The van der Waals surface area contributed by atoms with Crippen molar-refractivity contribution >= 4 is 27.9 Å². The van der Waals surface area contributed by atoms with Crippen molar-refractivity contribution in [3.63, 3.8) is 0 Å². The van der Waals surface area contributed by atoms with E-state index in [9.17, 15) is 27.9 Å². The Morgan fingerprint density at radius 1 is 1.19 bits per heavy atom. The van der Waals surface area contributed by atoms with Crippen molar-refractivity contribution < 1.29 is 32.6 Å². The molecular weight excluding hydrogens is 438 g/mol. The van der Waals surface area contributed by atoms with E-state index in [2.05, 4.69) is 10.6 Å². The Bertz CT molecular complexity index is 1000. The first kappa shape index (κ1) is 25.8. The summed E-state index contributed by atoms with van der Waals surface area (Å²) in [5.41, 5.74) is 1.11. The van der Waals surface area contributed by atoms with Crippen molar-refractivity contribution in [1.82, 2.24) is 14.9 Å². The van der Waals surface area contributed by atoms with Crippen LogP contribution in [0, 0.1) is 13.8 Å². The van der Waals surface area contributed by atoms with Crippen molar-refractivity contribution in [2.24, 2.45) is 0 Å². The first-order valence-corrected chi connectivity index (χ1v) is 11.7. The fourth-order valence-corrected chi connectivity index (χ4v) is 4.88. The van der Waals surface area contributed by atoms with Gasteiger partial charge in [-0.25, -0.2) is 13.2 Å². The summed E-state index contributed by atoms with van der Waals surface area (Å²) in [5, 5.41) is 14.7. The van der Waals surface area contributed by atoms with E-state index in [0.717, 1.165) is 15.4 Å². The van der Waals surface area contributed by atoms with E-state index < -0.39 is 51.7 Å². The number of rotatable bonds is 5. The summed E-state index contributed by atoms with van der Waals surface area (Å²) in [4.78, 5) is 36.7. The molecule has 0 radical (unpaired) electrons. The summed E-state index contributed by atoms with van der Waals surface area (Å²) in [6.45, 7) is 9.81. The van der Waals surface area contributed by atoms with Crippen molar-refractivity contribution in [3.05, 3.63) is 29.3 Å². The number of aliphatic hydroxyl groups excluding tert-OH is 1. The number of hydrogen-bond donors (Lipinski definition) is 3. The van der Waals surface area contributed by atoms with E-state index in [1.165, 1.54) is 19.1 Å². The van der Waals surface area contributed by atoms with E-state index >= 15 is 0 Å². The minimum Gasteiger partial charge on any atom is -0.451 e. The van der Waals surface area contributed by atoms with Gasteiger partial charge in [-0.05, 0) is 64.8 Å². The number of carbonyl (C=O) groups is 3. The molecule has 32 heavy (non-hydrogen) atoms. The van der Waals surface area contributed by atoms with Crippen LogP contribution >= 0.6 is 0 Å². The number of amides is 3. The predicted octanol–water partition coefficient (Wildman–Crippen LogP) is 0.983. The Morgan fingerprint density at radius 2 is 1.81 bits per heavy atom. The number of aryl methyl sites for hydroxylation is 2. The second-order valence-corrected chi connectivity index (χ2v) is 10.9. The number of urea groups is 1. The lowest BCUT2D eigenvalue weighted by atomic mass is 10.1. The average molecular weight is 470 g/mol. The molecule has 0 aromatic heterocycles. The molecule has 2 rings (SSSR count). The van der Waals surface area contributed by atoms with Gasteiger partial charge in [-0.2, -0.15) is 4.31 Å². The van der Waals surface area contributed by atoms with Gasteiger partial charge < -0.3 is 15.2 Å². The average Bonchev–Trinajstić information content (AvgIpc) is 3.05. The molecular formula is C21H31N3O7S. The minimum atomic E-state index is -4.09. The van der Waals surface area contributed by atoms with E-state index in [1.807, 2.05) is 6.92 Å². The van der Waals surface area contributed by atoms with Gasteiger partial charge in [0.15, 0.2) is 6.10 Å². The number of carbonyl (C=O) groups excluding carboxylic acids is 3. The maximum absolute atomic E-state index is 13.1. The molecule has 1 aliphatic rings. The zero-order valence-corrected chi connectivity index (χ0v) is 19.9. The molecule has 0 aliphatic carbocycles. The summed E-state index contributed by atoms with van der Waals surface area (Å²) in [5.74, 6) is -1.84. The Hall–Kier alpha value is -2.50. The van der Waals surface area contributed by atoms with E-state index in [1.54, 1.807) is 33.8 Å². The molecule has 1 saturated heterocycles. The van der Waals surface area contributed by atoms with Crippen LogP contribution in [0.3, 0.4) is 0 Å². The van der Waals surface area contributed by atoms with Gasteiger partial charge >= 0.3 is 12.0 Å². The zero-order chi connectivity index (χ0) is 24.4. The standard InChI is InChI=1S/C21H31N3O7S/c1-12-7-8-16(9-13(12)2)32(29,30)24-11-15(25)10-17(24)19(27)31-14(3)18(26)22-20(28)23-21(4,5)6/h7-9,14-15,17,25H,10-11H2,1-6H3,(H2,22,23,26,28)/t14?,15?,17-/m0/s1. The number of ether oxygens (including phenoxy) is 1. The quantitative estimate of drug-likeness (QED) is 0.546. The number of aliphatic hydroxyl groups is 1. The highest BCUT2D eigenvalue weighted by molar-refractivity contribution is 7.89. The van der Waals surface area contributed by atoms with Gasteiger partial charge in [0.25, 0.3) is 5.91 Å². The lowest BCUT2D eigenvalue weighted by Crippen LogP contribution is -2.51. The van der Waals surface area contributed by atoms with Crippen LogP contribution in [0.1, 0.15) is 45.2 Å². The lowest BCUT2D eigenvalue weighted by molar-refractivity contribution is -0.157. The summed E-state index contributed by atoms with van der Waals surface area (Å²) < 4.78 is 32.3. The van der Waals surface area contributed by atoms with Gasteiger partial charge in [0.2, 0.25) is 10.0 Å². The fourth-order valence-electron chi connectivity index (χ4n) is 3.17. The molecule has 0 spiro atoms. The van der Waals surface area contributed by atoms with E-state index in [4.69, 9.17) is 4.74 Å². The predicted molar refractivity (Wildman–Crippen MR) is 116 cm³/mol. The molecule has 10 nitrogen and oxygen atoms in total. The number of benzene rings is 1. The SMILES string of the molecule is Cc1ccc(S(=O)(=O)N2CC(O)C[C@H]2C(=O)OC(C)C(=O)NC(=O)NC(C)(C)C)cc1C. The van der Waals surface area contributed by atoms with Crippen LogP contribution in [0.2, 0.25) is 0 Å². The van der Waals surface area contributed by atoms with Crippen molar-refractivity contribution in [2.45, 2.75) is 76.6 Å². The Morgan fingerprint density at radius 3 is 2.38 bits per heavy atom. The molecule has 1 aromatic carbocycles. The third-order valence-electron chi connectivity index (χ3n) is 4.98. The molecule has 1 aliphatic heterocycles. The molecule has 11 heteroatoms. The van der Waals surface area contributed by atoms with E-state index in [-0.39, 0.29) is 17.9 Å². The van der Waals surface area contributed by atoms with Crippen LogP contribution < -0.4 is 10.6 Å². The molecule has 3 amide bonds. The van der Waals surface area contributed by atoms with Gasteiger partial charge in [0, 0.05) is 18.5 Å². The maximum atomic E-state index is 13.1. The van der Waals surface area contributed by atoms with Gasteiger partial charge in [0.05, 0.1) is 11.0 Å². The number of nitrogens with zero attached hydrogens (tertiary/aromatic N) is 1. The highest BCUT2D eigenvalue weighted by Crippen LogP contribution is 2.28. The van der Waals surface area contributed by atoms with Crippen molar-refractivity contribution in [1.29, 1.82) is 0 Å². The molecule has 1 aromatic rings. The number of imide groups is 1. The number of esters is 1. The smallest absolute Gasteiger partial charge is 0.325 e. The molecule has 1 fully saturated rings. The molecule has 2 unspecified atom stereocenters. The van der Waals surface area contributed by atoms with Gasteiger partial charge in [-0.15, -0.1) is 0 Å². The third-order valence-corrected chi connectivity index (χ3v) is 6.85. The van der Waals surface area contributed by atoms with Gasteiger partial charge in [-0.3, -0.25) is 14.9 Å².